The lowest BCUT2D eigenvalue weighted by Gasteiger charge is -2.18. The van der Waals surface area contributed by atoms with Crippen LogP contribution in [0.15, 0.2) is 35.4 Å². The van der Waals surface area contributed by atoms with Crippen molar-refractivity contribution in [1.82, 2.24) is 9.47 Å². The summed E-state index contributed by atoms with van der Waals surface area (Å²) in [6.45, 7) is 1.08. The zero-order valence-corrected chi connectivity index (χ0v) is 15.3. The average molecular weight is 387 g/mol. The molecule has 2 heterocycles. The number of imide groups is 1. The van der Waals surface area contributed by atoms with E-state index in [1.54, 1.807) is 30.5 Å². The van der Waals surface area contributed by atoms with E-state index in [1.807, 2.05) is 0 Å². The number of aromatic nitrogens is 1. The molecule has 2 aromatic rings. The highest BCUT2D eigenvalue weighted by Crippen LogP contribution is 2.35. The molecule has 0 N–H and O–H groups in total. The van der Waals surface area contributed by atoms with Gasteiger partial charge < -0.3 is 19.2 Å². The molecular weight excluding hydrogens is 372 g/mol. The van der Waals surface area contributed by atoms with Crippen molar-refractivity contribution in [3.63, 3.8) is 0 Å². The second-order valence-corrected chi connectivity index (χ2v) is 6.85. The fourth-order valence-corrected chi connectivity index (χ4v) is 3.79. The molecular formula is C18H15N2O6S-. The lowest BCUT2D eigenvalue weighted by Crippen LogP contribution is -2.42. The van der Waals surface area contributed by atoms with Crippen LogP contribution < -0.4 is 5.11 Å². The van der Waals surface area contributed by atoms with Crippen LogP contribution in [-0.4, -0.2) is 45.7 Å². The van der Waals surface area contributed by atoms with Gasteiger partial charge in [-0.1, -0.05) is 18.2 Å². The number of benzene rings is 1. The van der Waals surface area contributed by atoms with Crippen LogP contribution in [0.1, 0.15) is 12.5 Å². The number of rotatable bonds is 5. The van der Waals surface area contributed by atoms with E-state index in [0.717, 1.165) is 22.0 Å². The number of hydrogen-bond donors (Lipinski definition) is 0. The Bertz CT molecular complexity index is 993. The molecule has 0 aliphatic carbocycles. The number of carboxylic acid groups (broad SMARTS) is 1. The number of hydrogen-bond acceptors (Lipinski definition) is 7. The van der Waals surface area contributed by atoms with Gasteiger partial charge >= 0.3 is 5.97 Å². The van der Waals surface area contributed by atoms with Gasteiger partial charge in [-0.3, -0.25) is 14.5 Å². The Labute approximate surface area is 158 Å². The molecule has 0 unspecified atom stereocenters. The number of nitrogens with zero attached hydrogens (tertiary/aromatic N) is 2. The second kappa shape index (κ2) is 7.28. The van der Waals surface area contributed by atoms with Gasteiger partial charge in [0.1, 0.15) is 6.04 Å². The fraction of sp³-hybridized carbons (Fsp3) is 0.222. The van der Waals surface area contributed by atoms with Crippen molar-refractivity contribution in [1.29, 1.82) is 0 Å². The molecule has 27 heavy (non-hydrogen) atoms. The van der Waals surface area contributed by atoms with Crippen molar-refractivity contribution in [3.05, 3.63) is 40.9 Å². The third-order valence-corrected chi connectivity index (χ3v) is 5.04. The van der Waals surface area contributed by atoms with Gasteiger partial charge in [0.15, 0.2) is 0 Å². The molecule has 2 amide bonds. The Morgan fingerprint density at radius 2 is 2.00 bits per heavy atom. The molecule has 1 saturated heterocycles. The summed E-state index contributed by atoms with van der Waals surface area (Å²) in [4.78, 5) is 48.4. The molecule has 9 heteroatoms. The zero-order chi connectivity index (χ0) is 19.7. The summed E-state index contributed by atoms with van der Waals surface area (Å²) in [5, 5.41) is 11.1. The van der Waals surface area contributed by atoms with Crippen molar-refractivity contribution in [2.45, 2.75) is 19.5 Å². The summed E-state index contributed by atoms with van der Waals surface area (Å²) < 4.78 is 6.09. The first-order valence-corrected chi connectivity index (χ1v) is 8.77. The van der Waals surface area contributed by atoms with Crippen molar-refractivity contribution in [2.24, 2.45) is 0 Å². The van der Waals surface area contributed by atoms with Crippen LogP contribution in [0.5, 0.6) is 0 Å². The van der Waals surface area contributed by atoms with Gasteiger partial charge in [-0.15, -0.1) is 0 Å². The summed E-state index contributed by atoms with van der Waals surface area (Å²) in [5.41, 5.74) is 1.25. The zero-order valence-electron chi connectivity index (χ0n) is 14.5. The fourth-order valence-electron chi connectivity index (χ4n) is 2.89. The number of thioether (sulfide) groups is 1. The first-order chi connectivity index (χ1) is 12.8. The Hall–Kier alpha value is -3.07. The Morgan fingerprint density at radius 3 is 2.67 bits per heavy atom. The number of amides is 2. The maximum atomic E-state index is 12.6. The van der Waals surface area contributed by atoms with Gasteiger partial charge in [-0.25, -0.2) is 4.79 Å². The molecule has 140 valence electrons. The van der Waals surface area contributed by atoms with E-state index < -0.39 is 29.1 Å². The summed E-state index contributed by atoms with van der Waals surface area (Å²) >= 11 is 0.717. The SMILES string of the molecule is COC(=O)[C@@H](C)N1C(=O)S/C(=C/c2cn(CC(=O)[O-])c3ccccc23)C1=O. The van der Waals surface area contributed by atoms with Crippen LogP contribution in [0, 0.1) is 0 Å². The van der Waals surface area contributed by atoms with Crippen molar-refractivity contribution in [2.75, 3.05) is 7.11 Å². The van der Waals surface area contributed by atoms with Gasteiger partial charge in [0.2, 0.25) is 0 Å². The van der Waals surface area contributed by atoms with Gasteiger partial charge in [0.05, 0.1) is 24.5 Å². The lowest BCUT2D eigenvalue weighted by molar-refractivity contribution is -0.306. The number of carbonyl (C=O) groups excluding carboxylic acids is 4. The number of aliphatic carboxylic acids is 1. The summed E-state index contributed by atoms with van der Waals surface area (Å²) in [6, 6.07) is 6.06. The van der Waals surface area contributed by atoms with E-state index in [9.17, 15) is 24.3 Å². The van der Waals surface area contributed by atoms with E-state index in [2.05, 4.69) is 4.74 Å². The van der Waals surface area contributed by atoms with Gasteiger partial charge in [-0.05, 0) is 30.8 Å². The maximum Gasteiger partial charge on any atom is 0.328 e. The number of para-hydroxylation sites is 1. The number of fused-ring (bicyclic) bond motifs is 1. The van der Waals surface area contributed by atoms with E-state index in [0.29, 0.717) is 11.1 Å². The smallest absolute Gasteiger partial charge is 0.328 e. The summed E-state index contributed by atoms with van der Waals surface area (Å²) in [7, 11) is 1.18. The van der Waals surface area contributed by atoms with Gasteiger partial charge in [0.25, 0.3) is 11.1 Å². The molecule has 1 aliphatic rings. The molecule has 0 radical (unpaired) electrons. The monoisotopic (exact) mass is 387 g/mol. The highest BCUT2D eigenvalue weighted by atomic mass is 32.2. The molecule has 1 fully saturated rings. The largest absolute Gasteiger partial charge is 0.548 e. The molecule has 3 rings (SSSR count). The Balaban J connectivity index is 2.00. The van der Waals surface area contributed by atoms with Crippen molar-refractivity contribution < 1.29 is 29.0 Å². The Kier molecular flexibility index (Phi) is 5.04. The number of carbonyl (C=O) groups is 4. The predicted octanol–water partition coefficient (Wildman–Crippen LogP) is 0.989. The number of ether oxygens (including phenoxy) is 1. The number of carboxylic acids is 1. The molecule has 1 atom stereocenters. The standard InChI is InChI=1S/C18H16N2O6S/c1-10(17(24)26-2)20-16(23)14(27-18(20)25)7-11-8-19(9-15(21)22)13-6-4-3-5-12(11)13/h3-8,10H,9H2,1-2H3,(H,21,22)/p-1/b14-7+/t10-/m1/s1. The van der Waals surface area contributed by atoms with Crippen LogP contribution in [0.3, 0.4) is 0 Å². The minimum absolute atomic E-state index is 0.145. The molecule has 8 nitrogen and oxygen atoms in total. The van der Waals surface area contributed by atoms with Crippen LogP contribution in [0.4, 0.5) is 4.79 Å². The van der Waals surface area contributed by atoms with E-state index in [1.165, 1.54) is 24.7 Å². The molecule has 0 spiro atoms. The maximum absolute atomic E-state index is 12.6. The van der Waals surface area contributed by atoms with Crippen LogP contribution in [-0.2, 0) is 25.7 Å². The van der Waals surface area contributed by atoms with E-state index in [-0.39, 0.29) is 11.4 Å². The van der Waals surface area contributed by atoms with E-state index >= 15 is 0 Å². The predicted molar refractivity (Wildman–Crippen MR) is 96.2 cm³/mol. The van der Waals surface area contributed by atoms with Gasteiger partial charge in [0, 0.05) is 22.7 Å². The van der Waals surface area contributed by atoms with Gasteiger partial charge in [-0.2, -0.15) is 0 Å². The first-order valence-electron chi connectivity index (χ1n) is 7.96. The quantitative estimate of drug-likeness (QED) is 0.556. The van der Waals surface area contributed by atoms with Crippen molar-refractivity contribution in [3.8, 4) is 0 Å². The topological polar surface area (TPSA) is 109 Å². The van der Waals surface area contributed by atoms with Crippen LogP contribution in [0.25, 0.3) is 17.0 Å². The van der Waals surface area contributed by atoms with Crippen LogP contribution >= 0.6 is 11.8 Å². The summed E-state index contributed by atoms with van der Waals surface area (Å²) in [5.74, 6) is -2.53. The molecule has 1 aromatic heterocycles. The third kappa shape index (κ3) is 3.45. The molecule has 1 aliphatic heterocycles. The summed E-state index contributed by atoms with van der Waals surface area (Å²) in [6.07, 6.45) is 3.10. The van der Waals surface area contributed by atoms with Crippen LogP contribution in [0.2, 0.25) is 0 Å². The minimum Gasteiger partial charge on any atom is -0.548 e. The molecule has 0 saturated carbocycles. The number of esters is 1. The van der Waals surface area contributed by atoms with Crippen molar-refractivity contribution >= 4 is 51.8 Å². The third-order valence-electron chi connectivity index (χ3n) is 4.16. The second-order valence-electron chi connectivity index (χ2n) is 5.85. The highest BCUT2D eigenvalue weighted by molar-refractivity contribution is 8.18. The normalized spacial score (nSPS) is 17.0. The van der Waals surface area contributed by atoms with E-state index in [4.69, 9.17) is 0 Å². The molecule has 1 aromatic carbocycles. The first kappa shape index (κ1) is 18.7. The minimum atomic E-state index is -1.24. The average Bonchev–Trinajstić information content (AvgIpc) is 3.11. The lowest BCUT2D eigenvalue weighted by atomic mass is 10.1. The highest BCUT2D eigenvalue weighted by Gasteiger charge is 2.41. The number of methoxy groups -OCH3 is 1. The molecule has 0 bridgehead atoms. The Morgan fingerprint density at radius 1 is 1.30 bits per heavy atom.